The fraction of sp³-hybridized carbons (Fsp3) is 0.294. The van der Waals surface area contributed by atoms with Crippen LogP contribution in [0.1, 0.15) is 11.1 Å². The molecular formula is C17H21NO3S. The summed E-state index contributed by atoms with van der Waals surface area (Å²) in [6.45, 7) is 2.24. The largest absolute Gasteiger partial charge is 0.383 e. The maximum atomic E-state index is 12.5. The SMILES string of the molecule is COC[C@H](Cc1ccccc1)NS(=O)(=O)c1ccc(C)cc1. The Morgan fingerprint density at radius 2 is 1.68 bits per heavy atom. The number of aryl methyl sites for hydroxylation is 1. The maximum absolute atomic E-state index is 12.5. The van der Waals surface area contributed by atoms with Gasteiger partial charge >= 0.3 is 0 Å². The lowest BCUT2D eigenvalue weighted by Gasteiger charge is -2.18. The lowest BCUT2D eigenvalue weighted by molar-refractivity contribution is 0.174. The van der Waals surface area contributed by atoms with E-state index in [1.54, 1.807) is 31.4 Å². The second-order valence-electron chi connectivity index (χ2n) is 5.28. The molecule has 0 amide bonds. The van der Waals surface area contributed by atoms with Crippen LogP contribution in [0, 0.1) is 6.92 Å². The van der Waals surface area contributed by atoms with Crippen molar-refractivity contribution in [1.29, 1.82) is 0 Å². The molecule has 1 atom stereocenters. The first kappa shape index (κ1) is 16.7. The van der Waals surface area contributed by atoms with Crippen LogP contribution in [0.3, 0.4) is 0 Å². The van der Waals surface area contributed by atoms with E-state index in [-0.39, 0.29) is 10.9 Å². The summed E-state index contributed by atoms with van der Waals surface area (Å²) < 4.78 is 32.8. The summed E-state index contributed by atoms with van der Waals surface area (Å²) in [6.07, 6.45) is 0.583. The van der Waals surface area contributed by atoms with Gasteiger partial charge in [-0.05, 0) is 31.0 Å². The molecule has 1 N–H and O–H groups in total. The first-order chi connectivity index (χ1) is 10.5. The molecule has 0 fully saturated rings. The van der Waals surface area contributed by atoms with E-state index in [1.165, 1.54) is 0 Å². The number of nitrogens with one attached hydrogen (secondary N) is 1. The number of methoxy groups -OCH3 is 1. The molecule has 2 aromatic carbocycles. The predicted octanol–water partition coefficient (Wildman–Crippen LogP) is 2.53. The molecule has 0 aliphatic carbocycles. The van der Waals surface area contributed by atoms with Gasteiger partial charge in [-0.3, -0.25) is 0 Å². The summed E-state index contributed by atoms with van der Waals surface area (Å²) in [5.41, 5.74) is 2.09. The molecule has 0 radical (unpaired) electrons. The Morgan fingerprint density at radius 1 is 1.05 bits per heavy atom. The molecular weight excluding hydrogens is 298 g/mol. The zero-order valence-electron chi connectivity index (χ0n) is 12.8. The Balaban J connectivity index is 2.14. The smallest absolute Gasteiger partial charge is 0.240 e. The van der Waals surface area contributed by atoms with Gasteiger partial charge in [0.2, 0.25) is 10.0 Å². The van der Waals surface area contributed by atoms with Crippen molar-refractivity contribution in [3.05, 3.63) is 65.7 Å². The van der Waals surface area contributed by atoms with Crippen LogP contribution >= 0.6 is 0 Å². The molecule has 0 aromatic heterocycles. The maximum Gasteiger partial charge on any atom is 0.240 e. The Labute approximate surface area is 132 Å². The Kier molecular flexibility index (Phi) is 5.71. The van der Waals surface area contributed by atoms with E-state index in [2.05, 4.69) is 4.72 Å². The fourth-order valence-corrected chi connectivity index (χ4v) is 3.46. The molecule has 2 aromatic rings. The van der Waals surface area contributed by atoms with E-state index in [4.69, 9.17) is 4.74 Å². The van der Waals surface area contributed by atoms with Gasteiger partial charge in [0.05, 0.1) is 11.5 Å². The van der Waals surface area contributed by atoms with Crippen molar-refractivity contribution in [3.63, 3.8) is 0 Å². The second kappa shape index (κ2) is 7.54. The van der Waals surface area contributed by atoms with Crippen LogP contribution in [0.25, 0.3) is 0 Å². The van der Waals surface area contributed by atoms with E-state index >= 15 is 0 Å². The fourth-order valence-electron chi connectivity index (χ4n) is 2.24. The summed E-state index contributed by atoms with van der Waals surface area (Å²) in [5, 5.41) is 0. The molecule has 118 valence electrons. The highest BCUT2D eigenvalue weighted by atomic mass is 32.2. The van der Waals surface area contributed by atoms with E-state index < -0.39 is 10.0 Å². The van der Waals surface area contributed by atoms with Crippen molar-refractivity contribution in [2.24, 2.45) is 0 Å². The third-order valence-corrected chi connectivity index (χ3v) is 4.88. The van der Waals surface area contributed by atoms with Crippen molar-refractivity contribution < 1.29 is 13.2 Å². The molecule has 0 saturated heterocycles. The van der Waals surface area contributed by atoms with Crippen LogP contribution < -0.4 is 4.72 Å². The normalized spacial score (nSPS) is 13.0. The number of sulfonamides is 1. The van der Waals surface area contributed by atoms with Crippen molar-refractivity contribution >= 4 is 10.0 Å². The Morgan fingerprint density at radius 3 is 2.27 bits per heavy atom. The third-order valence-electron chi connectivity index (χ3n) is 3.35. The van der Waals surface area contributed by atoms with Gasteiger partial charge in [0.15, 0.2) is 0 Å². The van der Waals surface area contributed by atoms with Crippen molar-refractivity contribution in [3.8, 4) is 0 Å². The van der Waals surface area contributed by atoms with Crippen LogP contribution in [-0.4, -0.2) is 28.2 Å². The van der Waals surface area contributed by atoms with Gasteiger partial charge in [0.25, 0.3) is 0 Å². The molecule has 0 aliphatic rings. The quantitative estimate of drug-likeness (QED) is 0.853. The van der Waals surface area contributed by atoms with E-state index in [0.717, 1.165) is 11.1 Å². The Bertz CT molecular complexity index is 682. The number of hydrogen-bond donors (Lipinski definition) is 1. The highest BCUT2D eigenvalue weighted by Gasteiger charge is 2.20. The molecule has 0 spiro atoms. The van der Waals surface area contributed by atoms with E-state index in [1.807, 2.05) is 37.3 Å². The minimum absolute atomic E-state index is 0.271. The van der Waals surface area contributed by atoms with Crippen LogP contribution in [0.2, 0.25) is 0 Å². The molecule has 5 heteroatoms. The van der Waals surface area contributed by atoms with Crippen LogP contribution in [0.4, 0.5) is 0 Å². The third kappa shape index (κ3) is 4.66. The van der Waals surface area contributed by atoms with E-state index in [0.29, 0.717) is 13.0 Å². The topological polar surface area (TPSA) is 55.4 Å². The lowest BCUT2D eigenvalue weighted by atomic mass is 10.1. The van der Waals surface area contributed by atoms with Crippen molar-refractivity contribution in [1.82, 2.24) is 4.72 Å². The lowest BCUT2D eigenvalue weighted by Crippen LogP contribution is -2.39. The number of hydrogen-bond acceptors (Lipinski definition) is 3. The van der Waals surface area contributed by atoms with Gasteiger partial charge in [0.1, 0.15) is 0 Å². The molecule has 22 heavy (non-hydrogen) atoms. The number of rotatable bonds is 7. The monoisotopic (exact) mass is 319 g/mol. The summed E-state index contributed by atoms with van der Waals surface area (Å²) >= 11 is 0. The van der Waals surface area contributed by atoms with E-state index in [9.17, 15) is 8.42 Å². The second-order valence-corrected chi connectivity index (χ2v) is 6.99. The summed E-state index contributed by atoms with van der Waals surface area (Å²) in [4.78, 5) is 0.271. The molecule has 4 nitrogen and oxygen atoms in total. The first-order valence-corrected chi connectivity index (χ1v) is 8.61. The van der Waals surface area contributed by atoms with Gasteiger partial charge in [-0.15, -0.1) is 0 Å². The molecule has 2 rings (SSSR count). The van der Waals surface area contributed by atoms with Crippen molar-refractivity contribution in [2.45, 2.75) is 24.3 Å². The molecule has 0 bridgehead atoms. The van der Waals surface area contributed by atoms with Crippen LogP contribution in [-0.2, 0) is 21.2 Å². The highest BCUT2D eigenvalue weighted by molar-refractivity contribution is 7.89. The van der Waals surface area contributed by atoms with Gasteiger partial charge in [-0.2, -0.15) is 0 Å². The number of benzene rings is 2. The van der Waals surface area contributed by atoms with Gasteiger partial charge in [0, 0.05) is 13.2 Å². The van der Waals surface area contributed by atoms with Crippen LogP contribution in [0.15, 0.2) is 59.5 Å². The average molecular weight is 319 g/mol. The predicted molar refractivity (Wildman–Crippen MR) is 87.3 cm³/mol. The molecule has 0 heterocycles. The van der Waals surface area contributed by atoms with Gasteiger partial charge < -0.3 is 4.74 Å². The Hall–Kier alpha value is -1.69. The molecule has 0 aliphatic heterocycles. The molecule has 0 saturated carbocycles. The zero-order chi connectivity index (χ0) is 16.0. The number of ether oxygens (including phenoxy) is 1. The van der Waals surface area contributed by atoms with Gasteiger partial charge in [-0.1, -0.05) is 48.0 Å². The van der Waals surface area contributed by atoms with Gasteiger partial charge in [-0.25, -0.2) is 13.1 Å². The minimum atomic E-state index is -3.55. The zero-order valence-corrected chi connectivity index (χ0v) is 13.6. The van der Waals surface area contributed by atoms with Crippen molar-refractivity contribution in [2.75, 3.05) is 13.7 Å². The summed E-state index contributed by atoms with van der Waals surface area (Å²) in [6, 6.07) is 16.3. The highest BCUT2D eigenvalue weighted by Crippen LogP contribution is 2.12. The first-order valence-electron chi connectivity index (χ1n) is 7.13. The van der Waals surface area contributed by atoms with Crippen LogP contribution in [0.5, 0.6) is 0 Å². The average Bonchev–Trinajstić information content (AvgIpc) is 2.48. The summed E-state index contributed by atoms with van der Waals surface area (Å²) in [7, 11) is -1.98. The molecule has 0 unspecified atom stereocenters. The summed E-state index contributed by atoms with van der Waals surface area (Å²) in [5.74, 6) is 0. The standard InChI is InChI=1S/C17H21NO3S/c1-14-8-10-17(11-9-14)22(19,20)18-16(13-21-2)12-15-6-4-3-5-7-15/h3-11,16,18H,12-13H2,1-2H3/t16-/m0/s1. The minimum Gasteiger partial charge on any atom is -0.383 e.